The van der Waals surface area contributed by atoms with E-state index in [0.717, 1.165) is 27.6 Å². The summed E-state index contributed by atoms with van der Waals surface area (Å²) < 4.78 is 11.7. The predicted molar refractivity (Wildman–Crippen MR) is 120 cm³/mol. The minimum atomic E-state index is -0.312. The number of allylic oxidation sites excluding steroid dienone is 1. The Balaban J connectivity index is 1.53. The SMILES string of the molecule is O=C1CC(c2ccnc3ccccc23)c2c(ccc3c2O/C(=C\c2ccccc2)C3=O)O1. The lowest BCUT2D eigenvalue weighted by Crippen LogP contribution is -2.21. The molecule has 1 unspecified atom stereocenters. The first-order chi connectivity index (χ1) is 15.7. The van der Waals surface area contributed by atoms with Crippen LogP contribution in [0.15, 0.2) is 84.8 Å². The molecule has 2 aliphatic rings. The molecular weight excluding hydrogens is 402 g/mol. The molecule has 0 aliphatic carbocycles. The molecule has 0 spiro atoms. The maximum absolute atomic E-state index is 13.1. The van der Waals surface area contributed by atoms with E-state index in [9.17, 15) is 9.59 Å². The maximum Gasteiger partial charge on any atom is 0.312 e. The molecule has 0 saturated carbocycles. The van der Waals surface area contributed by atoms with Crippen LogP contribution in [0.5, 0.6) is 11.5 Å². The van der Waals surface area contributed by atoms with Crippen LogP contribution in [-0.2, 0) is 4.79 Å². The van der Waals surface area contributed by atoms with Crippen molar-refractivity contribution in [3.05, 3.63) is 107 Å². The summed E-state index contributed by atoms with van der Waals surface area (Å²) in [6.07, 6.45) is 3.64. The number of esters is 1. The minimum absolute atomic E-state index is 0.159. The molecular formula is C27H17NO4. The Morgan fingerprint density at radius 2 is 1.69 bits per heavy atom. The van der Waals surface area contributed by atoms with E-state index < -0.39 is 0 Å². The standard InChI is InChI=1S/C27H17NO4/c29-24-15-20(17-12-13-28-21-9-5-4-8-18(17)21)25-22(31-24)11-10-19-26(30)23(32-27(19)25)14-16-6-2-1-3-7-16/h1-14,20H,15H2/b23-14-. The van der Waals surface area contributed by atoms with Gasteiger partial charge in [-0.25, -0.2) is 0 Å². The molecule has 1 aromatic heterocycles. The zero-order valence-electron chi connectivity index (χ0n) is 16.9. The molecule has 0 fully saturated rings. The minimum Gasteiger partial charge on any atom is -0.452 e. The fraction of sp³-hybridized carbons (Fsp3) is 0.0741. The molecule has 0 saturated heterocycles. The summed E-state index contributed by atoms with van der Waals surface area (Å²) in [6, 6.07) is 22.7. The van der Waals surface area contributed by atoms with Crippen LogP contribution in [0.2, 0.25) is 0 Å². The van der Waals surface area contributed by atoms with E-state index in [4.69, 9.17) is 9.47 Å². The van der Waals surface area contributed by atoms with Gasteiger partial charge in [-0.3, -0.25) is 14.6 Å². The summed E-state index contributed by atoms with van der Waals surface area (Å²) in [7, 11) is 0. The lowest BCUT2D eigenvalue weighted by molar-refractivity contribution is -0.135. The number of benzene rings is 3. The molecule has 5 nitrogen and oxygen atoms in total. The molecule has 3 aromatic carbocycles. The maximum atomic E-state index is 13.1. The zero-order valence-corrected chi connectivity index (χ0v) is 16.9. The molecule has 32 heavy (non-hydrogen) atoms. The van der Waals surface area contributed by atoms with Crippen molar-refractivity contribution in [3.8, 4) is 11.5 Å². The molecule has 1 atom stereocenters. The van der Waals surface area contributed by atoms with Gasteiger partial charge < -0.3 is 9.47 Å². The Morgan fingerprint density at radius 3 is 2.56 bits per heavy atom. The quantitative estimate of drug-likeness (QED) is 0.251. The third-order valence-corrected chi connectivity index (χ3v) is 5.94. The number of carbonyl (C=O) groups excluding carboxylic acids is 2. The monoisotopic (exact) mass is 419 g/mol. The van der Waals surface area contributed by atoms with Crippen LogP contribution in [0.1, 0.15) is 39.4 Å². The normalized spacial score (nSPS) is 18.2. The van der Waals surface area contributed by atoms with Crippen molar-refractivity contribution in [3.63, 3.8) is 0 Å². The number of nitrogens with zero attached hydrogens (tertiary/aromatic N) is 1. The van der Waals surface area contributed by atoms with Crippen LogP contribution in [0.25, 0.3) is 17.0 Å². The largest absolute Gasteiger partial charge is 0.452 e. The first kappa shape index (κ1) is 18.5. The number of Topliss-reactive ketones (excluding diaryl/α,β-unsaturated/α-hetero) is 1. The van der Waals surface area contributed by atoms with Gasteiger partial charge in [0.25, 0.3) is 0 Å². The van der Waals surface area contributed by atoms with Gasteiger partial charge in [-0.05, 0) is 41.5 Å². The lowest BCUT2D eigenvalue weighted by Gasteiger charge is -2.27. The lowest BCUT2D eigenvalue weighted by atomic mass is 9.83. The summed E-state index contributed by atoms with van der Waals surface area (Å²) >= 11 is 0. The molecule has 3 heterocycles. The third kappa shape index (κ3) is 2.90. The van der Waals surface area contributed by atoms with Crippen LogP contribution < -0.4 is 9.47 Å². The van der Waals surface area contributed by atoms with Crippen LogP contribution in [0, 0.1) is 0 Å². The average Bonchev–Trinajstić information content (AvgIpc) is 3.14. The molecule has 0 bridgehead atoms. The van der Waals surface area contributed by atoms with Gasteiger partial charge in [0, 0.05) is 23.1 Å². The number of ether oxygens (including phenoxy) is 2. The number of para-hydroxylation sites is 1. The summed E-state index contributed by atoms with van der Waals surface area (Å²) in [5.74, 6) is 0.357. The number of aromatic nitrogens is 1. The van der Waals surface area contributed by atoms with Crippen molar-refractivity contribution < 1.29 is 19.1 Å². The highest BCUT2D eigenvalue weighted by molar-refractivity contribution is 6.15. The molecule has 5 heteroatoms. The number of fused-ring (bicyclic) bond motifs is 4. The van der Waals surface area contributed by atoms with E-state index >= 15 is 0 Å². The van der Waals surface area contributed by atoms with Gasteiger partial charge in [-0.15, -0.1) is 0 Å². The van der Waals surface area contributed by atoms with Gasteiger partial charge in [0.2, 0.25) is 5.78 Å². The van der Waals surface area contributed by atoms with E-state index in [0.29, 0.717) is 17.1 Å². The number of hydrogen-bond acceptors (Lipinski definition) is 5. The summed E-state index contributed by atoms with van der Waals surface area (Å²) in [5, 5.41) is 0.961. The van der Waals surface area contributed by atoms with Gasteiger partial charge in [0.15, 0.2) is 5.76 Å². The van der Waals surface area contributed by atoms with Crippen LogP contribution in [-0.4, -0.2) is 16.7 Å². The second kappa shape index (κ2) is 7.17. The molecule has 0 amide bonds. The first-order valence-electron chi connectivity index (χ1n) is 10.4. The van der Waals surface area contributed by atoms with Gasteiger partial charge >= 0.3 is 5.97 Å². The summed E-state index contributed by atoms with van der Waals surface area (Å²) in [6.45, 7) is 0. The van der Waals surface area contributed by atoms with Crippen molar-refractivity contribution in [2.45, 2.75) is 12.3 Å². The Bertz CT molecular complexity index is 1430. The second-order valence-electron chi connectivity index (χ2n) is 7.85. The summed E-state index contributed by atoms with van der Waals surface area (Å²) in [5.41, 5.74) is 3.88. The van der Waals surface area contributed by atoms with E-state index in [1.165, 1.54) is 0 Å². The van der Waals surface area contributed by atoms with Gasteiger partial charge in [0.05, 0.1) is 17.5 Å². The van der Waals surface area contributed by atoms with Crippen molar-refractivity contribution in [2.24, 2.45) is 0 Å². The second-order valence-corrected chi connectivity index (χ2v) is 7.85. The number of ketones is 1. The molecule has 6 rings (SSSR count). The van der Waals surface area contributed by atoms with Gasteiger partial charge in [-0.2, -0.15) is 0 Å². The Morgan fingerprint density at radius 1 is 0.875 bits per heavy atom. The van der Waals surface area contributed by atoms with Crippen LogP contribution in [0.4, 0.5) is 0 Å². The predicted octanol–water partition coefficient (Wildman–Crippen LogP) is 5.29. The summed E-state index contributed by atoms with van der Waals surface area (Å²) in [4.78, 5) is 30.0. The third-order valence-electron chi connectivity index (χ3n) is 5.94. The molecule has 0 radical (unpaired) electrons. The van der Waals surface area contributed by atoms with E-state index in [2.05, 4.69) is 4.98 Å². The smallest absolute Gasteiger partial charge is 0.312 e. The highest BCUT2D eigenvalue weighted by Gasteiger charge is 2.39. The Labute approximate surface area is 183 Å². The molecule has 154 valence electrons. The fourth-order valence-electron chi connectivity index (χ4n) is 4.49. The van der Waals surface area contributed by atoms with Crippen molar-refractivity contribution in [1.82, 2.24) is 4.98 Å². The first-order valence-corrected chi connectivity index (χ1v) is 10.4. The van der Waals surface area contributed by atoms with E-state index in [-0.39, 0.29) is 29.9 Å². The molecule has 2 aliphatic heterocycles. The van der Waals surface area contributed by atoms with Crippen LogP contribution in [0.3, 0.4) is 0 Å². The van der Waals surface area contributed by atoms with Crippen molar-refractivity contribution >= 4 is 28.7 Å². The van der Waals surface area contributed by atoms with E-state index in [1.54, 1.807) is 24.4 Å². The van der Waals surface area contributed by atoms with Crippen molar-refractivity contribution in [2.75, 3.05) is 0 Å². The Kier molecular flexibility index (Phi) is 4.15. The number of hydrogen-bond donors (Lipinski definition) is 0. The molecule has 0 N–H and O–H groups in total. The molecule has 4 aromatic rings. The number of carbonyl (C=O) groups is 2. The van der Waals surface area contributed by atoms with Gasteiger partial charge in [-0.1, -0.05) is 48.5 Å². The topological polar surface area (TPSA) is 65.5 Å². The zero-order chi connectivity index (χ0) is 21.7. The van der Waals surface area contributed by atoms with E-state index in [1.807, 2.05) is 60.7 Å². The highest BCUT2D eigenvalue weighted by Crippen LogP contribution is 2.49. The fourth-order valence-corrected chi connectivity index (χ4v) is 4.49. The number of rotatable bonds is 2. The van der Waals surface area contributed by atoms with Crippen LogP contribution >= 0.6 is 0 Å². The van der Waals surface area contributed by atoms with Crippen molar-refractivity contribution in [1.29, 1.82) is 0 Å². The average molecular weight is 419 g/mol. The number of pyridine rings is 1. The highest BCUT2D eigenvalue weighted by atomic mass is 16.5. The Hall–Kier alpha value is -4.25. The van der Waals surface area contributed by atoms with Gasteiger partial charge in [0.1, 0.15) is 11.5 Å².